The fraction of sp³-hybridized carbons (Fsp3) is 0.588. The lowest BCUT2D eigenvalue weighted by Crippen LogP contribution is -2.45. The van der Waals surface area contributed by atoms with Crippen LogP contribution in [0.2, 0.25) is 0 Å². The van der Waals surface area contributed by atoms with Crippen molar-refractivity contribution in [2.24, 2.45) is 11.8 Å². The van der Waals surface area contributed by atoms with Gasteiger partial charge in [-0.1, -0.05) is 18.2 Å². The van der Waals surface area contributed by atoms with Crippen molar-refractivity contribution >= 4 is 5.91 Å². The third-order valence-electron chi connectivity index (χ3n) is 4.94. The van der Waals surface area contributed by atoms with E-state index in [1.165, 1.54) is 12.5 Å². The van der Waals surface area contributed by atoms with Crippen LogP contribution >= 0.6 is 0 Å². The quantitative estimate of drug-likeness (QED) is 0.911. The molecule has 2 fully saturated rings. The van der Waals surface area contributed by atoms with Crippen molar-refractivity contribution < 1.29 is 9.18 Å². The number of fused-ring (bicyclic) bond motifs is 1. The Morgan fingerprint density at radius 1 is 1.36 bits per heavy atom. The predicted octanol–water partition coefficient (Wildman–Crippen LogP) is 1.33. The maximum atomic E-state index is 13.7. The van der Waals surface area contributed by atoms with Crippen molar-refractivity contribution in [3.63, 3.8) is 0 Å². The molecular weight excluding hydrogens is 281 g/mol. The van der Waals surface area contributed by atoms with Crippen LogP contribution in [0, 0.1) is 17.7 Å². The molecule has 1 amide bonds. The molecule has 0 spiro atoms. The molecule has 22 heavy (non-hydrogen) atoms. The largest absolute Gasteiger partial charge is 0.340 e. The number of likely N-dealkylation sites (tertiary alicyclic amines) is 1. The number of benzene rings is 1. The van der Waals surface area contributed by atoms with Gasteiger partial charge in [0.25, 0.3) is 0 Å². The number of carbonyl (C=O) groups is 1. The minimum atomic E-state index is -0.250. The highest BCUT2D eigenvalue weighted by Gasteiger charge is 2.33. The Labute approximate surface area is 131 Å². The van der Waals surface area contributed by atoms with Crippen LogP contribution in [0.4, 0.5) is 4.39 Å². The highest BCUT2D eigenvalue weighted by Crippen LogP contribution is 2.26. The molecule has 2 unspecified atom stereocenters. The Morgan fingerprint density at radius 2 is 2.14 bits per heavy atom. The fourth-order valence-electron chi connectivity index (χ4n) is 3.54. The number of likely N-dealkylation sites (N-methyl/N-ethyl adjacent to an activating group) is 1. The third-order valence-corrected chi connectivity index (χ3v) is 4.94. The normalized spacial score (nSPS) is 25.0. The Hall–Kier alpha value is -1.46. The van der Waals surface area contributed by atoms with Gasteiger partial charge in [0.05, 0.1) is 6.54 Å². The SMILES string of the molecule is CN(Cc1ccccc1F)C(=O)CN1CCC2CNCC2C1. The lowest BCUT2D eigenvalue weighted by molar-refractivity contribution is -0.132. The van der Waals surface area contributed by atoms with Crippen LogP contribution in [0.25, 0.3) is 0 Å². The second-order valence-corrected chi connectivity index (χ2v) is 6.54. The van der Waals surface area contributed by atoms with Gasteiger partial charge in [0, 0.05) is 25.7 Å². The van der Waals surface area contributed by atoms with Crippen molar-refractivity contribution in [3.05, 3.63) is 35.6 Å². The highest BCUT2D eigenvalue weighted by atomic mass is 19.1. The van der Waals surface area contributed by atoms with Crippen molar-refractivity contribution in [1.29, 1.82) is 0 Å². The molecule has 2 saturated heterocycles. The molecule has 2 heterocycles. The molecule has 0 aromatic heterocycles. The molecule has 2 aliphatic heterocycles. The standard InChI is InChI=1S/C17H24FN3O/c1-20(10-14-4-2-3-5-16(14)18)17(22)12-21-7-6-13-8-19-9-15(13)11-21/h2-5,13,15,19H,6-12H2,1H3. The number of hydrogen-bond donors (Lipinski definition) is 1. The Balaban J connectivity index is 1.52. The number of rotatable bonds is 4. The second-order valence-electron chi connectivity index (χ2n) is 6.54. The fourth-order valence-corrected chi connectivity index (χ4v) is 3.54. The summed E-state index contributed by atoms with van der Waals surface area (Å²) in [6, 6.07) is 6.63. The molecule has 1 aromatic carbocycles. The molecular formula is C17H24FN3O. The summed E-state index contributed by atoms with van der Waals surface area (Å²) in [6.07, 6.45) is 1.17. The molecule has 0 saturated carbocycles. The Morgan fingerprint density at radius 3 is 2.95 bits per heavy atom. The average Bonchev–Trinajstić information content (AvgIpc) is 2.97. The maximum Gasteiger partial charge on any atom is 0.236 e. The summed E-state index contributed by atoms with van der Waals surface area (Å²) in [5.41, 5.74) is 0.567. The van der Waals surface area contributed by atoms with Gasteiger partial charge in [0.2, 0.25) is 5.91 Å². The van der Waals surface area contributed by atoms with Gasteiger partial charge in [-0.2, -0.15) is 0 Å². The first-order chi connectivity index (χ1) is 10.6. The number of nitrogens with one attached hydrogen (secondary N) is 1. The number of nitrogens with zero attached hydrogens (tertiary/aromatic N) is 2. The number of amides is 1. The van der Waals surface area contributed by atoms with Gasteiger partial charge in [0.15, 0.2) is 0 Å². The van der Waals surface area contributed by atoms with E-state index in [9.17, 15) is 9.18 Å². The minimum Gasteiger partial charge on any atom is -0.340 e. The van der Waals surface area contributed by atoms with E-state index in [0.717, 1.165) is 32.1 Å². The van der Waals surface area contributed by atoms with Crippen LogP contribution in [0.5, 0.6) is 0 Å². The van der Waals surface area contributed by atoms with E-state index in [-0.39, 0.29) is 11.7 Å². The van der Waals surface area contributed by atoms with E-state index in [0.29, 0.717) is 24.6 Å². The van der Waals surface area contributed by atoms with Crippen molar-refractivity contribution in [1.82, 2.24) is 15.1 Å². The monoisotopic (exact) mass is 305 g/mol. The lowest BCUT2D eigenvalue weighted by atomic mass is 9.89. The number of hydrogen-bond acceptors (Lipinski definition) is 3. The van der Waals surface area contributed by atoms with Crippen LogP contribution in [-0.2, 0) is 11.3 Å². The summed E-state index contributed by atoms with van der Waals surface area (Å²) in [7, 11) is 1.75. The molecule has 5 heteroatoms. The van der Waals surface area contributed by atoms with Gasteiger partial charge < -0.3 is 10.2 Å². The van der Waals surface area contributed by atoms with Crippen LogP contribution in [0.15, 0.2) is 24.3 Å². The van der Waals surface area contributed by atoms with Crippen LogP contribution in [0.3, 0.4) is 0 Å². The molecule has 0 radical (unpaired) electrons. The first kappa shape index (κ1) is 15.4. The zero-order chi connectivity index (χ0) is 15.5. The zero-order valence-corrected chi connectivity index (χ0v) is 13.1. The van der Waals surface area contributed by atoms with Crippen LogP contribution in [-0.4, -0.2) is 55.5 Å². The topological polar surface area (TPSA) is 35.6 Å². The van der Waals surface area contributed by atoms with Gasteiger partial charge >= 0.3 is 0 Å². The van der Waals surface area contributed by atoms with E-state index in [2.05, 4.69) is 10.2 Å². The molecule has 1 aromatic rings. The number of piperidine rings is 1. The smallest absolute Gasteiger partial charge is 0.236 e. The zero-order valence-electron chi connectivity index (χ0n) is 13.1. The van der Waals surface area contributed by atoms with E-state index in [4.69, 9.17) is 0 Å². The Kier molecular flexibility index (Phi) is 4.74. The molecule has 120 valence electrons. The minimum absolute atomic E-state index is 0.0626. The Bertz CT molecular complexity index is 536. The molecule has 0 bridgehead atoms. The van der Waals surface area contributed by atoms with E-state index in [1.807, 2.05) is 0 Å². The van der Waals surface area contributed by atoms with E-state index >= 15 is 0 Å². The van der Waals surface area contributed by atoms with Gasteiger partial charge in [-0.3, -0.25) is 9.69 Å². The maximum absolute atomic E-state index is 13.7. The van der Waals surface area contributed by atoms with E-state index < -0.39 is 0 Å². The van der Waals surface area contributed by atoms with Gasteiger partial charge in [0.1, 0.15) is 5.82 Å². The first-order valence-electron chi connectivity index (χ1n) is 8.04. The molecule has 4 nitrogen and oxygen atoms in total. The molecule has 2 atom stereocenters. The highest BCUT2D eigenvalue weighted by molar-refractivity contribution is 5.78. The molecule has 3 rings (SSSR count). The first-order valence-corrected chi connectivity index (χ1v) is 8.04. The number of carbonyl (C=O) groups excluding carboxylic acids is 1. The van der Waals surface area contributed by atoms with Crippen molar-refractivity contribution in [3.8, 4) is 0 Å². The summed E-state index contributed by atoms with van der Waals surface area (Å²) in [6.45, 7) is 4.94. The van der Waals surface area contributed by atoms with Crippen LogP contribution in [0.1, 0.15) is 12.0 Å². The molecule has 1 N–H and O–H groups in total. The summed E-state index contributed by atoms with van der Waals surface area (Å²) in [5.74, 6) is 1.27. The van der Waals surface area contributed by atoms with Gasteiger partial charge in [-0.05, 0) is 44.0 Å². The second kappa shape index (κ2) is 6.75. The summed E-state index contributed by atoms with van der Waals surface area (Å²) in [4.78, 5) is 16.2. The molecule has 2 aliphatic rings. The summed E-state index contributed by atoms with van der Waals surface area (Å²) in [5, 5.41) is 3.44. The predicted molar refractivity (Wildman–Crippen MR) is 83.8 cm³/mol. The van der Waals surface area contributed by atoms with Crippen molar-refractivity contribution in [2.45, 2.75) is 13.0 Å². The van der Waals surface area contributed by atoms with Gasteiger partial charge in [-0.25, -0.2) is 4.39 Å². The lowest BCUT2D eigenvalue weighted by Gasteiger charge is -2.34. The van der Waals surface area contributed by atoms with Crippen molar-refractivity contribution in [2.75, 3.05) is 39.8 Å². The van der Waals surface area contributed by atoms with Gasteiger partial charge in [-0.15, -0.1) is 0 Å². The molecule has 0 aliphatic carbocycles. The van der Waals surface area contributed by atoms with E-state index in [1.54, 1.807) is 30.1 Å². The third kappa shape index (κ3) is 3.47. The average molecular weight is 305 g/mol. The van der Waals surface area contributed by atoms with Crippen LogP contribution < -0.4 is 5.32 Å². The summed E-state index contributed by atoms with van der Waals surface area (Å²) < 4.78 is 13.7. The summed E-state index contributed by atoms with van der Waals surface area (Å²) >= 11 is 0. The number of halogens is 1.